The summed E-state index contributed by atoms with van der Waals surface area (Å²) in [6.07, 6.45) is 0. The first-order valence-electron chi connectivity index (χ1n) is 6.90. The molecule has 2 rings (SSSR count). The Balaban J connectivity index is 1.83. The summed E-state index contributed by atoms with van der Waals surface area (Å²) in [6.45, 7) is 8.31. The molecule has 1 fully saturated rings. The third-order valence-corrected chi connectivity index (χ3v) is 5.74. The van der Waals surface area contributed by atoms with Gasteiger partial charge in [-0.3, -0.25) is 14.6 Å². The first-order chi connectivity index (χ1) is 9.74. The second-order valence-electron chi connectivity index (χ2n) is 6.03. The average molecular weight is 440 g/mol. The van der Waals surface area contributed by atoms with Crippen molar-refractivity contribution in [2.24, 2.45) is 0 Å². The predicted octanol–water partition coefficient (Wildman–Crippen LogP) is 2.84. The van der Waals surface area contributed by atoms with Gasteiger partial charge in [-0.15, -0.1) is 11.3 Å². The number of carbonyl (C=O) groups excluding carboxylic acids is 1. The second-order valence-corrected chi connectivity index (χ2v) is 9.78. The van der Waals surface area contributed by atoms with E-state index in [0.29, 0.717) is 13.1 Å². The molecule has 2 heterocycles. The molecule has 0 aliphatic carbocycles. The van der Waals surface area contributed by atoms with E-state index in [2.05, 4.69) is 41.7 Å². The lowest BCUT2D eigenvalue weighted by molar-refractivity contribution is 0.0179. The maximum absolute atomic E-state index is 12.3. The third-order valence-electron chi connectivity index (χ3n) is 3.40. The fourth-order valence-corrected chi connectivity index (χ4v) is 5.33. The summed E-state index contributed by atoms with van der Waals surface area (Å²) in [7, 11) is 0. The molecule has 1 aromatic heterocycles. The van der Waals surface area contributed by atoms with E-state index < -0.39 is 5.60 Å². The van der Waals surface area contributed by atoms with Crippen molar-refractivity contribution in [3.63, 3.8) is 0 Å². The largest absolute Gasteiger partial charge is 0.389 e. The standard InChI is InChI=1S/C14H20Br2N2O2S/c1-14(2,20)9-18-5-3-17(4-6-18)8-11(19)10-7-12(15)21-13(10)16/h7,20H,3-6,8-9H2,1-2H3. The van der Waals surface area contributed by atoms with Gasteiger partial charge in [-0.25, -0.2) is 0 Å². The monoisotopic (exact) mass is 438 g/mol. The molecule has 1 aliphatic rings. The zero-order chi connectivity index (χ0) is 15.6. The summed E-state index contributed by atoms with van der Waals surface area (Å²) in [5, 5.41) is 9.84. The van der Waals surface area contributed by atoms with Crippen LogP contribution in [0.4, 0.5) is 0 Å². The summed E-state index contributed by atoms with van der Waals surface area (Å²) in [5.74, 6) is 0.153. The number of thiophene rings is 1. The van der Waals surface area contributed by atoms with Crippen LogP contribution in [0.25, 0.3) is 0 Å². The molecule has 0 atom stereocenters. The van der Waals surface area contributed by atoms with Crippen molar-refractivity contribution >= 4 is 49.0 Å². The molecule has 1 saturated heterocycles. The normalized spacial score (nSPS) is 18.1. The molecule has 1 aliphatic heterocycles. The molecule has 0 spiro atoms. The number of hydrogen-bond donors (Lipinski definition) is 1. The summed E-state index contributed by atoms with van der Waals surface area (Å²) < 4.78 is 1.85. The van der Waals surface area contributed by atoms with E-state index in [1.54, 1.807) is 0 Å². The molecule has 7 heteroatoms. The molecule has 4 nitrogen and oxygen atoms in total. The Bertz CT molecular complexity index is 506. The minimum atomic E-state index is -0.661. The first-order valence-corrected chi connectivity index (χ1v) is 9.30. The van der Waals surface area contributed by atoms with Gasteiger partial charge in [0, 0.05) is 38.3 Å². The summed E-state index contributed by atoms with van der Waals surface area (Å²) >= 11 is 8.37. The van der Waals surface area contributed by atoms with Gasteiger partial charge in [-0.1, -0.05) is 0 Å². The number of ketones is 1. The van der Waals surface area contributed by atoms with E-state index >= 15 is 0 Å². The molecule has 1 aromatic rings. The minimum absolute atomic E-state index is 0.153. The molecule has 0 amide bonds. The van der Waals surface area contributed by atoms with Crippen LogP contribution in [0.15, 0.2) is 13.6 Å². The van der Waals surface area contributed by atoms with Crippen LogP contribution in [-0.4, -0.2) is 65.6 Å². The molecule has 0 aromatic carbocycles. The Labute approximate surface area is 146 Å². The van der Waals surface area contributed by atoms with Gasteiger partial charge in [-0.2, -0.15) is 0 Å². The Kier molecular flexibility index (Phi) is 6.01. The lowest BCUT2D eigenvalue weighted by Crippen LogP contribution is -2.51. The van der Waals surface area contributed by atoms with Crippen LogP contribution in [0.5, 0.6) is 0 Å². The maximum atomic E-state index is 12.3. The fourth-order valence-electron chi connectivity index (χ4n) is 2.47. The Morgan fingerprint density at radius 3 is 2.33 bits per heavy atom. The van der Waals surface area contributed by atoms with Gasteiger partial charge in [0.25, 0.3) is 0 Å². The SMILES string of the molecule is CC(C)(O)CN1CCN(CC(=O)c2cc(Br)sc2Br)CC1. The highest BCUT2D eigenvalue weighted by Crippen LogP contribution is 2.32. The summed E-state index contributed by atoms with van der Waals surface area (Å²) in [4.78, 5) is 16.7. The summed E-state index contributed by atoms with van der Waals surface area (Å²) in [6, 6.07) is 1.88. The van der Waals surface area contributed by atoms with Gasteiger partial charge in [0.2, 0.25) is 0 Å². The van der Waals surface area contributed by atoms with Crippen LogP contribution < -0.4 is 0 Å². The van der Waals surface area contributed by atoms with Crippen LogP contribution in [0, 0.1) is 0 Å². The Morgan fingerprint density at radius 2 is 1.86 bits per heavy atom. The average Bonchev–Trinajstić information content (AvgIpc) is 2.69. The van der Waals surface area contributed by atoms with Crippen molar-refractivity contribution in [2.45, 2.75) is 19.4 Å². The number of carbonyl (C=O) groups is 1. The molecule has 1 N–H and O–H groups in total. The van der Waals surface area contributed by atoms with Gasteiger partial charge in [0.05, 0.1) is 19.7 Å². The third kappa shape index (κ3) is 5.41. The van der Waals surface area contributed by atoms with E-state index in [-0.39, 0.29) is 5.78 Å². The molecule has 0 saturated carbocycles. The van der Waals surface area contributed by atoms with E-state index in [0.717, 1.165) is 39.3 Å². The van der Waals surface area contributed by atoms with Crippen molar-refractivity contribution in [1.82, 2.24) is 9.80 Å². The molecule has 21 heavy (non-hydrogen) atoms. The van der Waals surface area contributed by atoms with Gasteiger partial charge in [0.1, 0.15) is 0 Å². The second kappa shape index (κ2) is 7.19. The number of β-amino-alcohol motifs (C(OH)–C–C–N with tert-alkyl or cyclic N) is 1. The first kappa shape index (κ1) is 17.6. The lowest BCUT2D eigenvalue weighted by atomic mass is 10.1. The number of piperazine rings is 1. The number of halogens is 2. The molecular weight excluding hydrogens is 420 g/mol. The molecule has 0 radical (unpaired) electrons. The highest BCUT2D eigenvalue weighted by atomic mass is 79.9. The molecule has 118 valence electrons. The van der Waals surface area contributed by atoms with Crippen LogP contribution >= 0.6 is 43.2 Å². The highest BCUT2D eigenvalue weighted by molar-refractivity contribution is 9.12. The fraction of sp³-hybridized carbons (Fsp3) is 0.643. The van der Waals surface area contributed by atoms with Crippen molar-refractivity contribution in [2.75, 3.05) is 39.3 Å². The molecule has 0 unspecified atom stereocenters. The van der Waals surface area contributed by atoms with Crippen molar-refractivity contribution in [1.29, 1.82) is 0 Å². The highest BCUT2D eigenvalue weighted by Gasteiger charge is 2.24. The summed E-state index contributed by atoms with van der Waals surface area (Å²) in [5.41, 5.74) is 0.0945. The van der Waals surface area contributed by atoms with E-state index in [1.807, 2.05) is 19.9 Å². The number of aliphatic hydroxyl groups is 1. The number of hydrogen-bond acceptors (Lipinski definition) is 5. The zero-order valence-electron chi connectivity index (χ0n) is 12.2. The topological polar surface area (TPSA) is 43.8 Å². The van der Waals surface area contributed by atoms with Crippen LogP contribution in [0.1, 0.15) is 24.2 Å². The number of rotatable bonds is 5. The predicted molar refractivity (Wildman–Crippen MR) is 93.2 cm³/mol. The van der Waals surface area contributed by atoms with Crippen LogP contribution in [0.3, 0.4) is 0 Å². The van der Waals surface area contributed by atoms with Crippen molar-refractivity contribution < 1.29 is 9.90 Å². The number of Topliss-reactive ketones (excluding diaryl/α,β-unsaturated/α-hetero) is 1. The zero-order valence-corrected chi connectivity index (χ0v) is 16.2. The number of nitrogens with zero attached hydrogens (tertiary/aromatic N) is 2. The van der Waals surface area contributed by atoms with E-state index in [1.165, 1.54) is 11.3 Å². The van der Waals surface area contributed by atoms with Crippen molar-refractivity contribution in [3.8, 4) is 0 Å². The quantitative estimate of drug-likeness (QED) is 0.716. The van der Waals surface area contributed by atoms with Gasteiger partial charge in [-0.05, 0) is 51.8 Å². The lowest BCUT2D eigenvalue weighted by Gasteiger charge is -2.36. The Morgan fingerprint density at radius 1 is 1.29 bits per heavy atom. The minimum Gasteiger partial charge on any atom is -0.389 e. The van der Waals surface area contributed by atoms with Gasteiger partial charge < -0.3 is 5.11 Å². The van der Waals surface area contributed by atoms with Crippen LogP contribution in [-0.2, 0) is 0 Å². The van der Waals surface area contributed by atoms with E-state index in [9.17, 15) is 9.90 Å². The maximum Gasteiger partial charge on any atom is 0.178 e. The Hall–Kier alpha value is 0.210. The van der Waals surface area contributed by atoms with Gasteiger partial charge >= 0.3 is 0 Å². The van der Waals surface area contributed by atoms with Crippen LogP contribution in [0.2, 0.25) is 0 Å². The van der Waals surface area contributed by atoms with Crippen molar-refractivity contribution in [3.05, 3.63) is 19.2 Å². The van der Waals surface area contributed by atoms with E-state index in [4.69, 9.17) is 0 Å². The van der Waals surface area contributed by atoms with Gasteiger partial charge in [0.15, 0.2) is 5.78 Å². The smallest absolute Gasteiger partial charge is 0.178 e. The molecule has 0 bridgehead atoms. The molecular formula is C14H20Br2N2O2S.